The molecule has 3 aromatic rings. The van der Waals surface area contributed by atoms with Gasteiger partial charge in [0.15, 0.2) is 6.10 Å². The van der Waals surface area contributed by atoms with Gasteiger partial charge in [-0.2, -0.15) is 0 Å². The molecule has 1 aliphatic rings. The van der Waals surface area contributed by atoms with Crippen LogP contribution in [-0.4, -0.2) is 34.8 Å². The number of carbonyl (C=O) groups excluding carboxylic acids is 2. The first kappa shape index (κ1) is 18.8. The highest BCUT2D eigenvalue weighted by Crippen LogP contribution is 2.35. The van der Waals surface area contributed by atoms with E-state index in [4.69, 9.17) is 9.94 Å². The van der Waals surface area contributed by atoms with Crippen molar-refractivity contribution in [3.63, 3.8) is 0 Å². The summed E-state index contributed by atoms with van der Waals surface area (Å²) in [6.07, 6.45) is 2.93. The molecule has 8 nitrogen and oxygen atoms in total. The van der Waals surface area contributed by atoms with E-state index in [-0.39, 0.29) is 6.03 Å². The number of urea groups is 1. The van der Waals surface area contributed by atoms with Gasteiger partial charge in [0.05, 0.1) is 5.69 Å². The normalized spacial score (nSPS) is 15.3. The number of hydrogen-bond donors (Lipinski definition) is 5. The summed E-state index contributed by atoms with van der Waals surface area (Å²) in [4.78, 5) is 27.2. The molecule has 1 atom stereocenters. The Morgan fingerprint density at radius 3 is 2.90 bits per heavy atom. The lowest BCUT2D eigenvalue weighted by Crippen LogP contribution is -2.39. The molecule has 8 heteroatoms. The van der Waals surface area contributed by atoms with Crippen molar-refractivity contribution in [3.8, 4) is 5.75 Å². The van der Waals surface area contributed by atoms with Gasteiger partial charge in [0.1, 0.15) is 5.75 Å². The van der Waals surface area contributed by atoms with Gasteiger partial charge in [0.2, 0.25) is 0 Å². The molecular weight excluding hydrogens is 372 g/mol. The van der Waals surface area contributed by atoms with Gasteiger partial charge in [-0.3, -0.25) is 10.0 Å². The highest BCUT2D eigenvalue weighted by Gasteiger charge is 2.27. The van der Waals surface area contributed by atoms with Crippen LogP contribution in [0.3, 0.4) is 0 Å². The summed E-state index contributed by atoms with van der Waals surface area (Å²) in [7, 11) is 0. The van der Waals surface area contributed by atoms with E-state index in [1.54, 1.807) is 11.5 Å². The Morgan fingerprint density at radius 2 is 2.03 bits per heavy atom. The Balaban J connectivity index is 1.37. The van der Waals surface area contributed by atoms with Crippen LogP contribution in [0.1, 0.15) is 17.5 Å². The average molecular weight is 394 g/mol. The van der Waals surface area contributed by atoms with Crippen molar-refractivity contribution in [1.29, 1.82) is 0 Å². The van der Waals surface area contributed by atoms with Crippen LogP contribution in [0.4, 0.5) is 10.5 Å². The summed E-state index contributed by atoms with van der Waals surface area (Å²) in [5, 5.41) is 15.6. The van der Waals surface area contributed by atoms with E-state index in [2.05, 4.69) is 15.6 Å². The average Bonchev–Trinajstić information content (AvgIpc) is 3.16. The maximum atomic E-state index is 12.4. The standard InChI is InChI=1S/C21H22N4O4/c26-20(25-28)18-9-8-13-4-3-7-17(19(13)29-18)24-21(27)22-11-10-14-12-23-16-6-2-1-5-15(14)16/h1-7,12,18,23,28H,8-11H2,(H,25,26)(H2,22,24,27). The van der Waals surface area contributed by atoms with Crippen molar-refractivity contribution in [3.05, 3.63) is 59.8 Å². The number of amides is 3. The van der Waals surface area contributed by atoms with Gasteiger partial charge < -0.3 is 20.4 Å². The van der Waals surface area contributed by atoms with Crippen molar-refractivity contribution in [2.45, 2.75) is 25.4 Å². The van der Waals surface area contributed by atoms with Crippen molar-refractivity contribution in [2.24, 2.45) is 0 Å². The summed E-state index contributed by atoms with van der Waals surface area (Å²) in [5.41, 5.74) is 5.22. The zero-order valence-corrected chi connectivity index (χ0v) is 15.7. The molecule has 0 radical (unpaired) electrons. The van der Waals surface area contributed by atoms with Gasteiger partial charge in [0.25, 0.3) is 5.91 Å². The second-order valence-electron chi connectivity index (χ2n) is 6.91. The van der Waals surface area contributed by atoms with Crippen molar-refractivity contribution in [2.75, 3.05) is 11.9 Å². The van der Waals surface area contributed by atoms with Crippen LogP contribution >= 0.6 is 0 Å². The van der Waals surface area contributed by atoms with Gasteiger partial charge >= 0.3 is 6.03 Å². The number of rotatable bonds is 5. The highest BCUT2D eigenvalue weighted by molar-refractivity contribution is 5.91. The van der Waals surface area contributed by atoms with E-state index in [1.807, 2.05) is 42.6 Å². The molecule has 29 heavy (non-hydrogen) atoms. The lowest BCUT2D eigenvalue weighted by atomic mass is 10.0. The fourth-order valence-electron chi connectivity index (χ4n) is 3.58. The third kappa shape index (κ3) is 4.02. The summed E-state index contributed by atoms with van der Waals surface area (Å²) in [5.74, 6) is -0.146. The van der Waals surface area contributed by atoms with Gasteiger partial charge in [-0.05, 0) is 42.5 Å². The summed E-state index contributed by atoms with van der Waals surface area (Å²) in [6, 6.07) is 13.1. The number of nitrogens with one attached hydrogen (secondary N) is 4. The lowest BCUT2D eigenvalue weighted by Gasteiger charge is -2.26. The first-order valence-corrected chi connectivity index (χ1v) is 9.48. The zero-order chi connectivity index (χ0) is 20.2. The van der Waals surface area contributed by atoms with Gasteiger partial charge in [-0.15, -0.1) is 0 Å². The molecule has 0 bridgehead atoms. The van der Waals surface area contributed by atoms with Crippen molar-refractivity contribution >= 4 is 28.5 Å². The molecule has 3 amide bonds. The molecule has 4 rings (SSSR count). The maximum Gasteiger partial charge on any atom is 0.319 e. The van der Waals surface area contributed by atoms with E-state index >= 15 is 0 Å². The van der Waals surface area contributed by atoms with Gasteiger partial charge in [-0.25, -0.2) is 10.3 Å². The summed E-state index contributed by atoms with van der Waals surface area (Å²) >= 11 is 0. The third-order valence-electron chi connectivity index (χ3n) is 5.04. The number of aromatic amines is 1. The molecule has 150 valence electrons. The third-order valence-corrected chi connectivity index (χ3v) is 5.04. The second-order valence-corrected chi connectivity index (χ2v) is 6.91. The van der Waals surface area contributed by atoms with Crippen LogP contribution in [0, 0.1) is 0 Å². The molecule has 1 aliphatic heterocycles. The molecule has 0 saturated heterocycles. The monoisotopic (exact) mass is 394 g/mol. The number of benzene rings is 2. The number of anilines is 1. The van der Waals surface area contributed by atoms with Gasteiger partial charge in [-0.1, -0.05) is 30.3 Å². The molecule has 2 aromatic carbocycles. The van der Waals surface area contributed by atoms with Crippen molar-refractivity contribution in [1.82, 2.24) is 15.8 Å². The van der Waals surface area contributed by atoms with Crippen molar-refractivity contribution < 1.29 is 19.5 Å². The number of fused-ring (bicyclic) bond motifs is 2. The number of hydroxylamine groups is 1. The molecule has 1 unspecified atom stereocenters. The molecule has 0 spiro atoms. The van der Waals surface area contributed by atoms with Crippen LogP contribution in [0.25, 0.3) is 10.9 Å². The maximum absolute atomic E-state index is 12.4. The predicted octanol–water partition coefficient (Wildman–Crippen LogP) is 2.73. The number of hydrogen-bond acceptors (Lipinski definition) is 4. The molecule has 0 aliphatic carbocycles. The first-order chi connectivity index (χ1) is 14.2. The topological polar surface area (TPSA) is 115 Å². The molecule has 1 aromatic heterocycles. The lowest BCUT2D eigenvalue weighted by molar-refractivity contribution is -0.137. The Labute approximate surface area is 167 Å². The van der Waals surface area contributed by atoms with E-state index < -0.39 is 12.0 Å². The number of aromatic nitrogens is 1. The minimum Gasteiger partial charge on any atom is -0.478 e. The number of ether oxygens (including phenoxy) is 1. The van der Waals surface area contributed by atoms with Gasteiger partial charge in [0, 0.05) is 23.6 Å². The summed E-state index contributed by atoms with van der Waals surface area (Å²) < 4.78 is 5.71. The van der Waals surface area contributed by atoms with E-state index in [1.165, 1.54) is 0 Å². The number of aryl methyl sites for hydroxylation is 1. The van der Waals surface area contributed by atoms with Crippen LogP contribution in [0.2, 0.25) is 0 Å². The molecular formula is C21H22N4O4. The SMILES string of the molecule is O=C(NCCc1c[nH]c2ccccc12)Nc1cccc2c1OC(C(=O)NO)CC2. The Hall–Kier alpha value is -3.52. The van der Waals surface area contributed by atoms with E-state index in [9.17, 15) is 9.59 Å². The summed E-state index contributed by atoms with van der Waals surface area (Å²) in [6.45, 7) is 0.471. The van der Waals surface area contributed by atoms with Crippen LogP contribution < -0.4 is 20.9 Å². The minimum absolute atomic E-state index is 0.351. The quantitative estimate of drug-likeness (QED) is 0.338. The van der Waals surface area contributed by atoms with Crippen LogP contribution in [0.15, 0.2) is 48.7 Å². The Morgan fingerprint density at radius 1 is 1.17 bits per heavy atom. The second kappa shape index (κ2) is 8.24. The fourth-order valence-corrected chi connectivity index (χ4v) is 3.58. The van der Waals surface area contributed by atoms with Crippen LogP contribution in [-0.2, 0) is 17.6 Å². The number of carbonyl (C=O) groups is 2. The smallest absolute Gasteiger partial charge is 0.319 e. The molecule has 0 saturated carbocycles. The highest BCUT2D eigenvalue weighted by atomic mass is 16.5. The van der Waals surface area contributed by atoms with E-state index in [0.29, 0.717) is 37.2 Å². The molecule has 0 fully saturated rings. The Kier molecular flexibility index (Phi) is 5.35. The zero-order valence-electron chi connectivity index (χ0n) is 15.7. The minimum atomic E-state index is -0.791. The predicted molar refractivity (Wildman–Crippen MR) is 108 cm³/mol. The Bertz CT molecular complexity index is 1050. The van der Waals surface area contributed by atoms with Crippen LogP contribution in [0.5, 0.6) is 5.75 Å². The largest absolute Gasteiger partial charge is 0.478 e. The van der Waals surface area contributed by atoms with E-state index in [0.717, 1.165) is 22.0 Å². The number of H-pyrrole nitrogens is 1. The fraction of sp³-hybridized carbons (Fsp3) is 0.238. The molecule has 2 heterocycles. The number of para-hydroxylation sites is 2. The first-order valence-electron chi connectivity index (χ1n) is 9.48. The molecule has 5 N–H and O–H groups in total.